The van der Waals surface area contributed by atoms with Crippen molar-refractivity contribution in [1.29, 1.82) is 0 Å². The van der Waals surface area contributed by atoms with Crippen molar-refractivity contribution >= 4 is 44.8 Å². The van der Waals surface area contributed by atoms with Crippen LogP contribution in [0.25, 0.3) is 28.0 Å². The maximum atomic E-state index is 3.94. The van der Waals surface area contributed by atoms with Crippen LogP contribution < -0.4 is 3.78 Å². The van der Waals surface area contributed by atoms with Gasteiger partial charge in [0.25, 0.3) is 0 Å². The molecular formula is C14H10AuBrN. The molecule has 1 nitrogen and oxygen atoms in total. The van der Waals surface area contributed by atoms with Gasteiger partial charge in [-0.1, -0.05) is 0 Å². The van der Waals surface area contributed by atoms with Gasteiger partial charge in [-0.05, 0) is 0 Å². The first-order chi connectivity index (χ1) is 8.36. The van der Waals surface area contributed by atoms with Crippen LogP contribution in [0.3, 0.4) is 0 Å². The molecule has 1 heterocycles. The van der Waals surface area contributed by atoms with Crippen molar-refractivity contribution in [3.63, 3.8) is 0 Å². The number of para-hydroxylation sites is 2. The average molecular weight is 469 g/mol. The van der Waals surface area contributed by atoms with Crippen LogP contribution in [-0.4, -0.2) is 4.57 Å². The minimum atomic E-state index is 0.00248. The van der Waals surface area contributed by atoms with E-state index in [0.717, 1.165) is 0 Å². The summed E-state index contributed by atoms with van der Waals surface area (Å²) in [6.45, 7) is 3.94. The Labute approximate surface area is 115 Å². The second-order valence-corrected chi connectivity index (χ2v) is 7.26. The van der Waals surface area contributed by atoms with E-state index >= 15 is 0 Å². The minimum absolute atomic E-state index is 0.00248. The van der Waals surface area contributed by atoms with Crippen molar-refractivity contribution < 1.29 is 17.6 Å². The molecule has 0 amide bonds. The summed E-state index contributed by atoms with van der Waals surface area (Å²) in [5, 5.41) is 2.61. The van der Waals surface area contributed by atoms with Crippen LogP contribution in [0.15, 0.2) is 49.0 Å². The molecule has 0 spiro atoms. The zero-order valence-corrected chi connectivity index (χ0v) is 12.7. The molecule has 0 saturated heterocycles. The van der Waals surface area contributed by atoms with Gasteiger partial charge in [-0.15, -0.1) is 0 Å². The van der Waals surface area contributed by atoms with Gasteiger partial charge in [0.15, 0.2) is 0 Å². The molecule has 0 aliphatic carbocycles. The van der Waals surface area contributed by atoms with Gasteiger partial charge in [0.05, 0.1) is 0 Å². The summed E-state index contributed by atoms with van der Waals surface area (Å²) < 4.78 is 3.58. The van der Waals surface area contributed by atoms with Crippen molar-refractivity contribution in [2.45, 2.75) is 0 Å². The van der Waals surface area contributed by atoms with Crippen molar-refractivity contribution in [3.05, 3.63) is 49.0 Å². The van der Waals surface area contributed by atoms with Crippen LogP contribution in [0.2, 0.25) is 0 Å². The molecule has 89 valence electrons. The second kappa shape index (κ2) is 4.47. The molecule has 0 saturated carbocycles. The number of nitrogens with zero attached hydrogens (tertiary/aromatic N) is 1. The van der Waals surface area contributed by atoms with E-state index in [1.54, 1.807) is 0 Å². The summed E-state index contributed by atoms with van der Waals surface area (Å²) >= 11 is 3.65. The molecule has 2 aromatic carbocycles. The third-order valence-electron chi connectivity index (χ3n) is 2.89. The Balaban J connectivity index is 2.63. The molecule has 3 rings (SSSR count). The third kappa shape index (κ3) is 1.64. The fourth-order valence-electron chi connectivity index (χ4n) is 2.22. The molecule has 1 aromatic heterocycles. The van der Waals surface area contributed by atoms with Gasteiger partial charge in [0.2, 0.25) is 0 Å². The van der Waals surface area contributed by atoms with Gasteiger partial charge in [0.1, 0.15) is 0 Å². The van der Waals surface area contributed by atoms with E-state index in [4.69, 9.17) is 0 Å². The van der Waals surface area contributed by atoms with Gasteiger partial charge in [-0.25, -0.2) is 0 Å². The average Bonchev–Trinajstić information content (AvgIpc) is 2.72. The zero-order chi connectivity index (χ0) is 11.8. The molecule has 0 bridgehead atoms. The molecular weight excluding hydrogens is 459 g/mol. The molecule has 0 atom stereocenters. The van der Waals surface area contributed by atoms with Gasteiger partial charge >= 0.3 is 116 Å². The molecule has 17 heavy (non-hydrogen) atoms. The van der Waals surface area contributed by atoms with Gasteiger partial charge < -0.3 is 0 Å². The Hall–Kier alpha value is -0.800. The molecule has 0 unspecified atom stereocenters. The Morgan fingerprint density at radius 1 is 1.06 bits per heavy atom. The second-order valence-electron chi connectivity index (χ2n) is 3.72. The van der Waals surface area contributed by atoms with Gasteiger partial charge in [-0.3, -0.25) is 0 Å². The van der Waals surface area contributed by atoms with Crippen molar-refractivity contribution in [2.24, 2.45) is 0 Å². The van der Waals surface area contributed by atoms with Crippen molar-refractivity contribution in [3.8, 4) is 0 Å². The monoisotopic (exact) mass is 468 g/mol. The van der Waals surface area contributed by atoms with E-state index in [1.807, 2.05) is 6.20 Å². The van der Waals surface area contributed by atoms with Crippen LogP contribution >= 0.6 is 13.0 Å². The van der Waals surface area contributed by atoms with Crippen LogP contribution in [0.4, 0.5) is 0 Å². The molecule has 0 N–H and O–H groups in total. The number of benzene rings is 2. The predicted molar refractivity (Wildman–Crippen MR) is 74.4 cm³/mol. The fourth-order valence-corrected chi connectivity index (χ4v) is 4.89. The van der Waals surface area contributed by atoms with E-state index in [2.05, 4.69) is 66.6 Å². The Bertz CT molecular complexity index is 715. The van der Waals surface area contributed by atoms with E-state index in [-0.39, 0.29) is 17.6 Å². The normalized spacial score (nSPS) is 11.4. The predicted octanol–water partition coefficient (Wildman–Crippen LogP) is 3.91. The SMILES string of the molecule is C=Cn1c2ccccc2c2ccc[c]([Au][Br])c21. The first-order valence-corrected chi connectivity index (χ1v) is 11.0. The first-order valence-electron chi connectivity index (χ1n) is 5.20. The third-order valence-corrected chi connectivity index (χ3v) is 6.32. The Morgan fingerprint density at radius 2 is 1.82 bits per heavy atom. The van der Waals surface area contributed by atoms with E-state index in [0.29, 0.717) is 0 Å². The number of hydrogen-bond donors (Lipinski definition) is 0. The summed E-state index contributed by atoms with van der Waals surface area (Å²) in [6, 6.07) is 15.0. The number of halogens is 1. The van der Waals surface area contributed by atoms with Crippen LogP contribution in [-0.2, 0) is 17.6 Å². The van der Waals surface area contributed by atoms with Crippen molar-refractivity contribution in [1.82, 2.24) is 4.57 Å². The molecule has 3 aromatic rings. The first kappa shape index (κ1) is 11.3. The summed E-state index contributed by atoms with van der Waals surface area (Å²) in [5.74, 6) is 0. The summed E-state index contributed by atoms with van der Waals surface area (Å²) in [6.07, 6.45) is 1.90. The Morgan fingerprint density at radius 3 is 2.59 bits per heavy atom. The maximum absolute atomic E-state index is 3.94. The Kier molecular flexibility index (Phi) is 2.97. The number of fused-ring (bicyclic) bond motifs is 3. The fraction of sp³-hybridized carbons (Fsp3) is 0. The molecule has 0 aliphatic rings. The summed E-state index contributed by atoms with van der Waals surface area (Å²) in [5.41, 5.74) is 2.52. The standard InChI is InChI=1S/C14H10N.Au.BrH/c1-2-15-13-9-5-3-7-11(13)12-8-4-6-10-14(12)15;;/h2-9H,1H2;;1H/q;+1;/p-1. The van der Waals surface area contributed by atoms with Gasteiger partial charge in [-0.2, -0.15) is 0 Å². The molecule has 3 heteroatoms. The van der Waals surface area contributed by atoms with Crippen LogP contribution in [0, 0.1) is 0 Å². The van der Waals surface area contributed by atoms with E-state index in [9.17, 15) is 0 Å². The number of aromatic nitrogens is 1. The quantitative estimate of drug-likeness (QED) is 0.502. The summed E-state index contributed by atoms with van der Waals surface area (Å²) in [7, 11) is 0. The van der Waals surface area contributed by atoms with Crippen LogP contribution in [0.1, 0.15) is 0 Å². The molecule has 0 fully saturated rings. The topological polar surface area (TPSA) is 4.93 Å². The van der Waals surface area contributed by atoms with Crippen LogP contribution in [0.5, 0.6) is 0 Å². The van der Waals surface area contributed by atoms with Gasteiger partial charge in [0, 0.05) is 0 Å². The number of rotatable bonds is 2. The summed E-state index contributed by atoms with van der Waals surface area (Å²) in [4.78, 5) is 0. The van der Waals surface area contributed by atoms with E-state index < -0.39 is 0 Å². The van der Waals surface area contributed by atoms with Crippen molar-refractivity contribution in [2.75, 3.05) is 0 Å². The molecule has 0 aliphatic heterocycles. The number of hydrogen-bond acceptors (Lipinski definition) is 0. The van der Waals surface area contributed by atoms with E-state index in [1.165, 1.54) is 25.6 Å². The molecule has 0 radical (unpaired) electrons. The zero-order valence-electron chi connectivity index (χ0n) is 8.95.